The first-order chi connectivity index (χ1) is 15.9. The van der Waals surface area contributed by atoms with Crippen molar-refractivity contribution < 1.29 is 9.47 Å². The molecule has 0 aliphatic carbocycles. The van der Waals surface area contributed by atoms with E-state index in [1.54, 1.807) is 35.1 Å². The monoisotopic (exact) mass is 483 g/mol. The van der Waals surface area contributed by atoms with Crippen LogP contribution in [0.5, 0.6) is 0 Å². The van der Waals surface area contributed by atoms with E-state index in [1.807, 2.05) is 30.5 Å². The maximum absolute atomic E-state index is 13.6. The standard InChI is InChI=1S/C23H22ClN5O3S/c1-12-26-7-15-5-18(17-4-3-14(6-19(17)24)20-11-33-13(2)28-20)23(30)29(22(15)27-12)8-21-31-9-16(25)10-32-21/h3-7,11,16,21H,8-10,25H2,1-2H3. The van der Waals surface area contributed by atoms with Crippen molar-refractivity contribution >= 4 is 34.0 Å². The van der Waals surface area contributed by atoms with E-state index >= 15 is 0 Å². The van der Waals surface area contributed by atoms with Crippen molar-refractivity contribution in [2.24, 2.45) is 5.73 Å². The molecular weight excluding hydrogens is 462 g/mol. The first-order valence-electron chi connectivity index (χ1n) is 10.5. The fourth-order valence-corrected chi connectivity index (χ4v) is 4.71. The molecule has 4 heterocycles. The van der Waals surface area contributed by atoms with Gasteiger partial charge in [0.1, 0.15) is 11.5 Å². The molecule has 0 bridgehead atoms. The van der Waals surface area contributed by atoms with E-state index in [4.69, 9.17) is 26.8 Å². The van der Waals surface area contributed by atoms with Crippen molar-refractivity contribution in [3.05, 3.63) is 62.1 Å². The van der Waals surface area contributed by atoms with E-state index in [-0.39, 0.29) is 18.1 Å². The number of pyridine rings is 1. The maximum Gasteiger partial charge on any atom is 0.260 e. The molecule has 1 saturated heterocycles. The van der Waals surface area contributed by atoms with Crippen molar-refractivity contribution in [3.8, 4) is 22.4 Å². The number of aryl methyl sites for hydroxylation is 2. The summed E-state index contributed by atoms with van der Waals surface area (Å²) < 4.78 is 12.9. The molecule has 5 rings (SSSR count). The van der Waals surface area contributed by atoms with Gasteiger partial charge in [0.05, 0.1) is 36.5 Å². The lowest BCUT2D eigenvalue weighted by molar-refractivity contribution is -0.191. The van der Waals surface area contributed by atoms with Crippen LogP contribution in [0.4, 0.5) is 0 Å². The molecule has 4 aromatic rings. The summed E-state index contributed by atoms with van der Waals surface area (Å²) in [5, 5.41) is 4.15. The van der Waals surface area contributed by atoms with Gasteiger partial charge in [-0.3, -0.25) is 9.36 Å². The molecule has 0 saturated carbocycles. The van der Waals surface area contributed by atoms with Gasteiger partial charge in [-0.2, -0.15) is 0 Å². The molecule has 0 unspecified atom stereocenters. The summed E-state index contributed by atoms with van der Waals surface area (Å²) in [6, 6.07) is 7.20. The van der Waals surface area contributed by atoms with Crippen molar-refractivity contribution in [1.29, 1.82) is 0 Å². The van der Waals surface area contributed by atoms with Gasteiger partial charge in [0, 0.05) is 38.7 Å². The number of nitrogens with zero attached hydrogens (tertiary/aromatic N) is 4. The first kappa shape index (κ1) is 22.1. The van der Waals surface area contributed by atoms with Crippen LogP contribution in [0.25, 0.3) is 33.4 Å². The maximum atomic E-state index is 13.6. The molecule has 0 radical (unpaired) electrons. The summed E-state index contributed by atoms with van der Waals surface area (Å²) in [5.41, 5.74) is 8.96. The predicted octanol–water partition coefficient (Wildman–Crippen LogP) is 3.55. The summed E-state index contributed by atoms with van der Waals surface area (Å²) in [7, 11) is 0. The molecular formula is C23H22ClN5O3S. The Morgan fingerprint density at radius 1 is 1.18 bits per heavy atom. The third-order valence-electron chi connectivity index (χ3n) is 5.45. The minimum Gasteiger partial charge on any atom is -0.349 e. The van der Waals surface area contributed by atoms with Gasteiger partial charge >= 0.3 is 0 Å². The number of nitrogens with two attached hydrogens (primary N) is 1. The smallest absolute Gasteiger partial charge is 0.260 e. The van der Waals surface area contributed by atoms with Crippen LogP contribution in [-0.2, 0) is 16.0 Å². The zero-order chi connectivity index (χ0) is 23.1. The Labute approximate surface area is 199 Å². The highest BCUT2D eigenvalue weighted by molar-refractivity contribution is 7.09. The molecule has 1 aliphatic heterocycles. The van der Waals surface area contributed by atoms with Crippen LogP contribution < -0.4 is 11.3 Å². The normalized spacial score (nSPS) is 18.7. The number of aromatic nitrogens is 4. The lowest BCUT2D eigenvalue weighted by Crippen LogP contribution is -2.43. The third-order valence-corrected chi connectivity index (χ3v) is 6.53. The summed E-state index contributed by atoms with van der Waals surface area (Å²) in [5.74, 6) is 0.567. The average Bonchev–Trinajstić information content (AvgIpc) is 3.23. The summed E-state index contributed by atoms with van der Waals surface area (Å²) in [6.07, 6.45) is 1.11. The topological polar surface area (TPSA) is 105 Å². The van der Waals surface area contributed by atoms with Gasteiger partial charge in [0.15, 0.2) is 6.29 Å². The Hall–Kier alpha value is -2.69. The summed E-state index contributed by atoms with van der Waals surface area (Å²) >= 11 is 8.24. The predicted molar refractivity (Wildman–Crippen MR) is 128 cm³/mol. The van der Waals surface area contributed by atoms with E-state index in [0.717, 1.165) is 21.7 Å². The van der Waals surface area contributed by atoms with Gasteiger partial charge in [0.2, 0.25) is 0 Å². The largest absolute Gasteiger partial charge is 0.349 e. The van der Waals surface area contributed by atoms with E-state index in [2.05, 4.69) is 15.0 Å². The zero-order valence-corrected chi connectivity index (χ0v) is 19.7. The molecule has 3 aromatic heterocycles. The van der Waals surface area contributed by atoms with Gasteiger partial charge in [-0.25, -0.2) is 15.0 Å². The number of thiazole rings is 1. The van der Waals surface area contributed by atoms with E-state index in [9.17, 15) is 4.79 Å². The second kappa shape index (κ2) is 8.92. The Bertz CT molecular complexity index is 1390. The number of hydrogen-bond donors (Lipinski definition) is 1. The summed E-state index contributed by atoms with van der Waals surface area (Å²) in [4.78, 5) is 27.0. The lowest BCUT2D eigenvalue weighted by atomic mass is 10.0. The second-order valence-corrected chi connectivity index (χ2v) is 9.44. The van der Waals surface area contributed by atoms with Gasteiger partial charge in [-0.15, -0.1) is 11.3 Å². The zero-order valence-electron chi connectivity index (χ0n) is 18.1. The molecule has 1 aliphatic rings. The van der Waals surface area contributed by atoms with Crippen molar-refractivity contribution in [1.82, 2.24) is 19.5 Å². The van der Waals surface area contributed by atoms with Crippen LogP contribution in [-0.4, -0.2) is 45.1 Å². The fraction of sp³-hybridized carbons (Fsp3) is 0.304. The van der Waals surface area contributed by atoms with Crippen LogP contribution in [0.3, 0.4) is 0 Å². The quantitative estimate of drug-likeness (QED) is 0.473. The van der Waals surface area contributed by atoms with Gasteiger partial charge in [-0.1, -0.05) is 23.7 Å². The van der Waals surface area contributed by atoms with Crippen LogP contribution in [0.15, 0.2) is 40.6 Å². The van der Waals surface area contributed by atoms with E-state index in [1.165, 1.54) is 0 Å². The number of fused-ring (bicyclic) bond motifs is 1. The molecule has 0 amide bonds. The van der Waals surface area contributed by atoms with Crippen molar-refractivity contribution in [3.63, 3.8) is 0 Å². The molecule has 1 aromatic carbocycles. The van der Waals surface area contributed by atoms with Crippen LogP contribution >= 0.6 is 22.9 Å². The molecule has 1 fully saturated rings. The number of halogens is 1. The van der Waals surface area contributed by atoms with Gasteiger partial charge < -0.3 is 15.2 Å². The van der Waals surface area contributed by atoms with Gasteiger partial charge in [-0.05, 0) is 26.0 Å². The highest BCUT2D eigenvalue weighted by atomic mass is 35.5. The van der Waals surface area contributed by atoms with Crippen LogP contribution in [0, 0.1) is 13.8 Å². The SMILES string of the molecule is Cc1ncc2cc(-c3ccc(-c4csc(C)n4)cc3Cl)c(=O)n(CC3OCC(N)CO3)c2n1. The molecule has 10 heteroatoms. The van der Waals surface area contributed by atoms with E-state index < -0.39 is 6.29 Å². The average molecular weight is 484 g/mol. The Morgan fingerprint density at radius 3 is 2.67 bits per heavy atom. The highest BCUT2D eigenvalue weighted by Crippen LogP contribution is 2.32. The van der Waals surface area contributed by atoms with Crippen LogP contribution in [0.2, 0.25) is 5.02 Å². The Morgan fingerprint density at radius 2 is 1.97 bits per heavy atom. The molecule has 0 spiro atoms. The highest BCUT2D eigenvalue weighted by Gasteiger charge is 2.23. The van der Waals surface area contributed by atoms with Crippen molar-refractivity contribution in [2.75, 3.05) is 13.2 Å². The Kier molecular flexibility index (Phi) is 5.98. The Balaban J connectivity index is 1.61. The molecule has 8 nitrogen and oxygen atoms in total. The number of ether oxygens (including phenoxy) is 2. The molecule has 0 atom stereocenters. The minimum absolute atomic E-state index is 0.176. The van der Waals surface area contributed by atoms with E-state index in [0.29, 0.717) is 40.8 Å². The number of hydrogen-bond acceptors (Lipinski definition) is 8. The number of rotatable bonds is 4. The number of benzene rings is 1. The van der Waals surface area contributed by atoms with Crippen molar-refractivity contribution in [2.45, 2.75) is 32.7 Å². The summed E-state index contributed by atoms with van der Waals surface area (Å²) in [6.45, 7) is 4.66. The molecule has 170 valence electrons. The fourth-order valence-electron chi connectivity index (χ4n) is 3.81. The lowest BCUT2D eigenvalue weighted by Gasteiger charge is -2.28. The first-order valence-corrected chi connectivity index (χ1v) is 11.7. The molecule has 33 heavy (non-hydrogen) atoms. The third kappa shape index (κ3) is 4.42. The molecule has 2 N–H and O–H groups in total. The van der Waals surface area contributed by atoms with Gasteiger partial charge in [0.25, 0.3) is 5.56 Å². The minimum atomic E-state index is -0.595. The van der Waals surface area contributed by atoms with Crippen LogP contribution in [0.1, 0.15) is 10.8 Å². The second-order valence-electron chi connectivity index (χ2n) is 7.97.